The molecule has 94 valence electrons. The summed E-state index contributed by atoms with van der Waals surface area (Å²) in [5.74, 6) is 1.83. The zero-order valence-electron chi connectivity index (χ0n) is 10.7. The van der Waals surface area contributed by atoms with Crippen molar-refractivity contribution in [2.75, 3.05) is 19.6 Å². The van der Waals surface area contributed by atoms with Crippen LogP contribution in [0.15, 0.2) is 0 Å². The molecule has 3 nitrogen and oxygen atoms in total. The van der Waals surface area contributed by atoms with E-state index in [1.807, 2.05) is 0 Å². The highest BCUT2D eigenvalue weighted by molar-refractivity contribution is 5.72. The van der Waals surface area contributed by atoms with E-state index in [2.05, 4.69) is 17.6 Å². The summed E-state index contributed by atoms with van der Waals surface area (Å²) in [6.07, 6.45) is 6.64. The van der Waals surface area contributed by atoms with Gasteiger partial charge in [-0.25, -0.2) is 0 Å². The standard InChI is InChI=1S/C13H26N2O/c1-11-6-3-4-7-13(11)10-14-8-5-9-15-12(2)16/h11,13-14H,3-10H2,1-2H3,(H,15,16). The smallest absolute Gasteiger partial charge is 0.216 e. The summed E-state index contributed by atoms with van der Waals surface area (Å²) in [5.41, 5.74) is 0. The second-order valence-electron chi connectivity index (χ2n) is 5.06. The van der Waals surface area contributed by atoms with Crippen LogP contribution < -0.4 is 10.6 Å². The van der Waals surface area contributed by atoms with Crippen molar-refractivity contribution in [3.63, 3.8) is 0 Å². The van der Waals surface area contributed by atoms with Crippen molar-refractivity contribution in [3.05, 3.63) is 0 Å². The molecule has 0 aromatic carbocycles. The molecule has 0 aromatic rings. The Balaban J connectivity index is 1.95. The number of rotatable bonds is 6. The van der Waals surface area contributed by atoms with Gasteiger partial charge in [0.2, 0.25) is 5.91 Å². The van der Waals surface area contributed by atoms with Crippen molar-refractivity contribution in [3.8, 4) is 0 Å². The van der Waals surface area contributed by atoms with E-state index in [0.717, 1.165) is 37.9 Å². The lowest BCUT2D eigenvalue weighted by molar-refractivity contribution is -0.118. The third-order valence-corrected chi connectivity index (χ3v) is 3.60. The van der Waals surface area contributed by atoms with Crippen LogP contribution in [0, 0.1) is 11.8 Å². The van der Waals surface area contributed by atoms with Gasteiger partial charge in [0.25, 0.3) is 0 Å². The number of nitrogens with one attached hydrogen (secondary N) is 2. The minimum atomic E-state index is 0.0703. The Kier molecular flexibility index (Phi) is 6.46. The Hall–Kier alpha value is -0.570. The van der Waals surface area contributed by atoms with Gasteiger partial charge in [-0.2, -0.15) is 0 Å². The Bertz CT molecular complexity index is 206. The van der Waals surface area contributed by atoms with Crippen LogP contribution in [0.25, 0.3) is 0 Å². The Morgan fingerprint density at radius 2 is 2.00 bits per heavy atom. The van der Waals surface area contributed by atoms with Gasteiger partial charge in [-0.05, 0) is 37.8 Å². The van der Waals surface area contributed by atoms with Crippen molar-refractivity contribution in [1.29, 1.82) is 0 Å². The zero-order chi connectivity index (χ0) is 11.8. The first-order chi connectivity index (χ1) is 7.70. The first-order valence-electron chi connectivity index (χ1n) is 6.65. The summed E-state index contributed by atoms with van der Waals surface area (Å²) in [6, 6.07) is 0. The molecule has 1 rings (SSSR count). The molecular weight excluding hydrogens is 200 g/mol. The van der Waals surface area contributed by atoms with Crippen LogP contribution in [-0.4, -0.2) is 25.5 Å². The van der Waals surface area contributed by atoms with Gasteiger partial charge in [0, 0.05) is 13.5 Å². The fraction of sp³-hybridized carbons (Fsp3) is 0.923. The number of hydrogen-bond acceptors (Lipinski definition) is 2. The molecule has 1 aliphatic rings. The zero-order valence-corrected chi connectivity index (χ0v) is 10.7. The maximum Gasteiger partial charge on any atom is 0.216 e. The van der Waals surface area contributed by atoms with Crippen molar-refractivity contribution in [2.45, 2.75) is 46.0 Å². The Morgan fingerprint density at radius 3 is 2.69 bits per heavy atom. The largest absolute Gasteiger partial charge is 0.356 e. The predicted octanol–water partition coefficient (Wildman–Crippen LogP) is 1.93. The quantitative estimate of drug-likeness (QED) is 0.679. The first kappa shape index (κ1) is 13.5. The van der Waals surface area contributed by atoms with Gasteiger partial charge in [0.05, 0.1) is 0 Å². The molecule has 1 fully saturated rings. The molecule has 3 heteroatoms. The molecule has 16 heavy (non-hydrogen) atoms. The van der Waals surface area contributed by atoms with Crippen LogP contribution in [0.5, 0.6) is 0 Å². The molecule has 0 spiro atoms. The van der Waals surface area contributed by atoms with Gasteiger partial charge in [0.15, 0.2) is 0 Å². The van der Waals surface area contributed by atoms with Crippen LogP contribution in [-0.2, 0) is 4.79 Å². The van der Waals surface area contributed by atoms with Crippen molar-refractivity contribution >= 4 is 5.91 Å². The van der Waals surface area contributed by atoms with Gasteiger partial charge in [-0.3, -0.25) is 4.79 Å². The fourth-order valence-corrected chi connectivity index (χ4v) is 2.46. The normalized spacial score (nSPS) is 25.4. The summed E-state index contributed by atoms with van der Waals surface area (Å²) in [7, 11) is 0. The van der Waals surface area contributed by atoms with E-state index < -0.39 is 0 Å². The van der Waals surface area contributed by atoms with E-state index >= 15 is 0 Å². The summed E-state index contributed by atoms with van der Waals surface area (Å²) in [5, 5.41) is 6.32. The van der Waals surface area contributed by atoms with Gasteiger partial charge >= 0.3 is 0 Å². The average Bonchev–Trinajstić information content (AvgIpc) is 2.25. The van der Waals surface area contributed by atoms with Gasteiger partial charge in [-0.1, -0.05) is 26.2 Å². The second-order valence-corrected chi connectivity index (χ2v) is 5.06. The van der Waals surface area contributed by atoms with Gasteiger partial charge in [0.1, 0.15) is 0 Å². The number of carbonyl (C=O) groups is 1. The molecule has 0 radical (unpaired) electrons. The molecule has 0 saturated heterocycles. The number of hydrogen-bond donors (Lipinski definition) is 2. The average molecular weight is 226 g/mol. The van der Waals surface area contributed by atoms with E-state index in [0.29, 0.717) is 0 Å². The number of amides is 1. The summed E-state index contributed by atoms with van der Waals surface area (Å²) in [6.45, 7) is 6.91. The molecule has 1 aliphatic carbocycles. The molecule has 0 bridgehead atoms. The molecule has 1 saturated carbocycles. The molecule has 0 aliphatic heterocycles. The highest BCUT2D eigenvalue weighted by Crippen LogP contribution is 2.28. The Morgan fingerprint density at radius 1 is 1.25 bits per heavy atom. The van der Waals surface area contributed by atoms with E-state index in [-0.39, 0.29) is 5.91 Å². The lowest BCUT2D eigenvalue weighted by Crippen LogP contribution is -2.31. The van der Waals surface area contributed by atoms with Crippen molar-refractivity contribution in [2.24, 2.45) is 11.8 Å². The third-order valence-electron chi connectivity index (χ3n) is 3.60. The molecule has 0 heterocycles. The van der Waals surface area contributed by atoms with E-state index in [9.17, 15) is 4.79 Å². The highest BCUT2D eigenvalue weighted by atomic mass is 16.1. The maximum absolute atomic E-state index is 10.6. The molecule has 0 aromatic heterocycles. The van der Waals surface area contributed by atoms with Crippen molar-refractivity contribution in [1.82, 2.24) is 10.6 Å². The number of carbonyl (C=O) groups excluding carboxylic acids is 1. The fourth-order valence-electron chi connectivity index (χ4n) is 2.46. The van der Waals surface area contributed by atoms with Crippen LogP contribution >= 0.6 is 0 Å². The van der Waals surface area contributed by atoms with E-state index in [1.165, 1.54) is 25.7 Å². The van der Waals surface area contributed by atoms with Crippen molar-refractivity contribution < 1.29 is 4.79 Å². The second kappa shape index (κ2) is 7.66. The molecule has 2 atom stereocenters. The minimum Gasteiger partial charge on any atom is -0.356 e. The molecule has 1 amide bonds. The summed E-state index contributed by atoms with van der Waals surface area (Å²) < 4.78 is 0. The van der Waals surface area contributed by atoms with E-state index in [1.54, 1.807) is 6.92 Å². The van der Waals surface area contributed by atoms with Gasteiger partial charge < -0.3 is 10.6 Å². The lowest BCUT2D eigenvalue weighted by atomic mass is 9.80. The van der Waals surface area contributed by atoms with Crippen LogP contribution in [0.2, 0.25) is 0 Å². The maximum atomic E-state index is 10.6. The predicted molar refractivity (Wildman–Crippen MR) is 67.3 cm³/mol. The van der Waals surface area contributed by atoms with Crippen LogP contribution in [0.3, 0.4) is 0 Å². The van der Waals surface area contributed by atoms with Crippen LogP contribution in [0.4, 0.5) is 0 Å². The molecule has 2 unspecified atom stereocenters. The highest BCUT2D eigenvalue weighted by Gasteiger charge is 2.20. The summed E-state index contributed by atoms with van der Waals surface area (Å²) in [4.78, 5) is 10.6. The topological polar surface area (TPSA) is 41.1 Å². The molecule has 2 N–H and O–H groups in total. The molecular formula is C13H26N2O. The first-order valence-corrected chi connectivity index (χ1v) is 6.65. The lowest BCUT2D eigenvalue weighted by Gasteiger charge is -2.28. The third kappa shape index (κ3) is 5.50. The monoisotopic (exact) mass is 226 g/mol. The van der Waals surface area contributed by atoms with Crippen LogP contribution in [0.1, 0.15) is 46.0 Å². The Labute approximate surface area is 99.4 Å². The van der Waals surface area contributed by atoms with E-state index in [4.69, 9.17) is 0 Å². The minimum absolute atomic E-state index is 0.0703. The SMILES string of the molecule is CC(=O)NCCCNCC1CCCCC1C. The summed E-state index contributed by atoms with van der Waals surface area (Å²) >= 11 is 0. The van der Waals surface area contributed by atoms with Gasteiger partial charge in [-0.15, -0.1) is 0 Å².